The van der Waals surface area contributed by atoms with Crippen molar-refractivity contribution in [3.63, 3.8) is 0 Å². The molecule has 0 saturated heterocycles. The van der Waals surface area contributed by atoms with Crippen LogP contribution in [0.2, 0.25) is 5.02 Å². The number of halogens is 4. The molecular weight excluding hydrogens is 335 g/mol. The zero-order chi connectivity index (χ0) is 17.3. The Morgan fingerprint density at radius 2 is 2.09 bits per heavy atom. The molecule has 1 saturated carbocycles. The van der Waals surface area contributed by atoms with Gasteiger partial charge in [-0.2, -0.15) is 13.2 Å². The van der Waals surface area contributed by atoms with Crippen molar-refractivity contribution in [2.45, 2.75) is 24.6 Å². The second kappa shape index (κ2) is 6.30. The Hall–Kier alpha value is -1.91. The van der Waals surface area contributed by atoms with Crippen LogP contribution in [0, 0.1) is 17.8 Å². The Morgan fingerprint density at radius 3 is 2.61 bits per heavy atom. The summed E-state index contributed by atoms with van der Waals surface area (Å²) in [5.74, 6) is 4.16. The number of alkyl halides is 3. The highest BCUT2D eigenvalue weighted by molar-refractivity contribution is 6.30. The third-order valence-electron chi connectivity index (χ3n) is 3.24. The van der Waals surface area contributed by atoms with Gasteiger partial charge in [-0.1, -0.05) is 23.4 Å². The topological polar surface area (TPSA) is 58.6 Å². The van der Waals surface area contributed by atoms with Gasteiger partial charge in [0.15, 0.2) is 0 Å². The fraction of sp³-hybridized carbons (Fsp3) is 0.400. The quantitative estimate of drug-likeness (QED) is 0.802. The molecule has 1 aliphatic rings. The number of carbonyl (C=O) groups excluding carboxylic acids is 1. The van der Waals surface area contributed by atoms with Crippen LogP contribution in [0.3, 0.4) is 0 Å². The Kier molecular flexibility index (Phi) is 4.78. The van der Waals surface area contributed by atoms with E-state index < -0.39 is 23.4 Å². The molecule has 2 rings (SSSR count). The molecular formula is C15H13ClF3NO3. The normalized spacial score (nSPS) is 16.8. The molecule has 2 N–H and O–H groups in total. The minimum atomic E-state index is -5.08. The summed E-state index contributed by atoms with van der Waals surface area (Å²) in [7, 11) is 1.06. The monoisotopic (exact) mass is 347 g/mol. The van der Waals surface area contributed by atoms with Gasteiger partial charge in [-0.15, -0.1) is 0 Å². The lowest BCUT2D eigenvalue weighted by atomic mass is 9.91. The second-order valence-electron chi connectivity index (χ2n) is 5.06. The van der Waals surface area contributed by atoms with Crippen molar-refractivity contribution >= 4 is 23.4 Å². The molecule has 124 valence electrons. The van der Waals surface area contributed by atoms with Crippen LogP contribution in [-0.2, 0) is 10.3 Å². The maximum Gasteiger partial charge on any atom is 0.433 e. The molecule has 0 aromatic heterocycles. The first kappa shape index (κ1) is 17.4. The third kappa shape index (κ3) is 3.89. The van der Waals surface area contributed by atoms with E-state index in [1.807, 2.05) is 5.92 Å². The van der Waals surface area contributed by atoms with Crippen molar-refractivity contribution in [1.82, 2.24) is 0 Å². The molecule has 1 aromatic carbocycles. The summed E-state index contributed by atoms with van der Waals surface area (Å²) >= 11 is 5.75. The highest BCUT2D eigenvalue weighted by Gasteiger charge is 2.55. The molecule has 0 spiro atoms. The summed E-state index contributed by atoms with van der Waals surface area (Å²) in [6.45, 7) is 0. The van der Waals surface area contributed by atoms with Gasteiger partial charge in [0.2, 0.25) is 5.60 Å². The predicted molar refractivity (Wildman–Crippen MR) is 77.9 cm³/mol. The van der Waals surface area contributed by atoms with E-state index >= 15 is 0 Å². The highest BCUT2D eigenvalue weighted by atomic mass is 35.5. The van der Waals surface area contributed by atoms with Crippen LogP contribution in [0.15, 0.2) is 18.2 Å². The van der Waals surface area contributed by atoms with Crippen LogP contribution in [0.1, 0.15) is 18.4 Å². The first-order valence-corrected chi connectivity index (χ1v) is 7.02. The smallest absolute Gasteiger partial charge is 0.433 e. The summed E-state index contributed by atoms with van der Waals surface area (Å²) < 4.78 is 44.7. The van der Waals surface area contributed by atoms with E-state index in [4.69, 9.17) is 11.6 Å². The Balaban J connectivity index is 2.55. The predicted octanol–water partition coefficient (Wildman–Crippen LogP) is 3.68. The molecule has 1 amide bonds. The number of ether oxygens (including phenoxy) is 1. The van der Waals surface area contributed by atoms with Gasteiger partial charge in [-0.3, -0.25) is 5.32 Å². The van der Waals surface area contributed by atoms with Gasteiger partial charge in [0, 0.05) is 16.5 Å². The maximum atomic E-state index is 13.5. The second-order valence-corrected chi connectivity index (χ2v) is 5.49. The molecule has 0 radical (unpaired) electrons. The van der Waals surface area contributed by atoms with Crippen LogP contribution in [-0.4, -0.2) is 24.5 Å². The summed E-state index contributed by atoms with van der Waals surface area (Å²) in [5, 5.41) is 12.3. The van der Waals surface area contributed by atoms with Crippen molar-refractivity contribution in [3.8, 4) is 11.8 Å². The molecule has 1 aliphatic carbocycles. The number of aliphatic hydroxyl groups is 1. The summed E-state index contributed by atoms with van der Waals surface area (Å²) in [6, 6.07) is 3.34. The van der Waals surface area contributed by atoms with E-state index in [1.54, 1.807) is 0 Å². The van der Waals surface area contributed by atoms with E-state index in [2.05, 4.69) is 16.0 Å². The average Bonchev–Trinajstić information content (AvgIpc) is 3.29. The number of methoxy groups -OCH3 is 1. The van der Waals surface area contributed by atoms with E-state index in [-0.39, 0.29) is 16.6 Å². The molecule has 0 heterocycles. The van der Waals surface area contributed by atoms with Crippen molar-refractivity contribution in [2.75, 3.05) is 12.4 Å². The third-order valence-corrected chi connectivity index (χ3v) is 3.47. The zero-order valence-electron chi connectivity index (χ0n) is 12.0. The molecule has 0 aliphatic heterocycles. The minimum absolute atomic E-state index is 0.0358. The SMILES string of the molecule is COC(=O)Nc1ccc(Cl)cc1C(O)(C#CC1CC1)C(F)(F)F. The first-order valence-electron chi connectivity index (χ1n) is 6.64. The molecule has 1 aromatic rings. The number of nitrogens with one attached hydrogen (secondary N) is 1. The van der Waals surface area contributed by atoms with Gasteiger partial charge in [-0.25, -0.2) is 4.79 Å². The van der Waals surface area contributed by atoms with Gasteiger partial charge in [0.1, 0.15) is 0 Å². The van der Waals surface area contributed by atoms with E-state index in [0.717, 1.165) is 19.2 Å². The standard InChI is InChI=1S/C15H13ClF3NO3/c1-23-13(21)20-12-5-4-10(16)8-11(12)14(22,15(17,18)19)7-6-9-2-3-9/h4-5,8-9,22H,2-3H2,1H3,(H,20,21). The number of rotatable bonds is 2. The average molecular weight is 348 g/mol. The zero-order valence-corrected chi connectivity index (χ0v) is 12.8. The molecule has 0 bridgehead atoms. The number of amides is 1. The largest absolute Gasteiger partial charge is 0.453 e. The van der Waals surface area contributed by atoms with Gasteiger partial charge >= 0.3 is 12.3 Å². The maximum absolute atomic E-state index is 13.5. The van der Waals surface area contributed by atoms with Gasteiger partial charge in [-0.05, 0) is 31.0 Å². The summed E-state index contributed by atoms with van der Waals surface area (Å²) in [6.07, 6.45) is -4.66. The van der Waals surface area contributed by atoms with Crippen molar-refractivity contribution in [1.29, 1.82) is 0 Å². The Morgan fingerprint density at radius 1 is 1.43 bits per heavy atom. The lowest BCUT2D eigenvalue weighted by molar-refractivity contribution is -0.240. The lowest BCUT2D eigenvalue weighted by Crippen LogP contribution is -2.42. The van der Waals surface area contributed by atoms with Crippen LogP contribution < -0.4 is 5.32 Å². The Bertz CT molecular complexity index is 677. The van der Waals surface area contributed by atoms with Crippen LogP contribution in [0.25, 0.3) is 0 Å². The molecule has 1 fully saturated rings. The van der Waals surface area contributed by atoms with Crippen LogP contribution in [0.4, 0.5) is 23.7 Å². The van der Waals surface area contributed by atoms with E-state index in [0.29, 0.717) is 12.8 Å². The molecule has 1 atom stereocenters. The van der Waals surface area contributed by atoms with Gasteiger partial charge < -0.3 is 9.84 Å². The van der Waals surface area contributed by atoms with Gasteiger partial charge in [0.25, 0.3) is 0 Å². The highest BCUT2D eigenvalue weighted by Crippen LogP contribution is 2.43. The van der Waals surface area contributed by atoms with Crippen LogP contribution >= 0.6 is 11.6 Å². The Labute approximate surface area is 135 Å². The molecule has 23 heavy (non-hydrogen) atoms. The fourth-order valence-electron chi connectivity index (χ4n) is 1.81. The number of benzene rings is 1. The number of hydrogen-bond acceptors (Lipinski definition) is 3. The number of hydrogen-bond donors (Lipinski definition) is 2. The molecule has 1 unspecified atom stereocenters. The fourth-order valence-corrected chi connectivity index (χ4v) is 1.98. The first-order chi connectivity index (χ1) is 10.7. The van der Waals surface area contributed by atoms with E-state index in [1.165, 1.54) is 6.07 Å². The van der Waals surface area contributed by atoms with E-state index in [9.17, 15) is 23.1 Å². The molecule has 8 heteroatoms. The van der Waals surface area contributed by atoms with Crippen molar-refractivity contribution in [2.24, 2.45) is 5.92 Å². The molecule has 4 nitrogen and oxygen atoms in total. The summed E-state index contributed by atoms with van der Waals surface area (Å²) in [4.78, 5) is 11.3. The van der Waals surface area contributed by atoms with Crippen molar-refractivity contribution < 1.29 is 27.8 Å². The van der Waals surface area contributed by atoms with Crippen LogP contribution in [0.5, 0.6) is 0 Å². The number of carbonyl (C=O) groups is 1. The van der Waals surface area contributed by atoms with Gasteiger partial charge in [0.05, 0.1) is 12.8 Å². The lowest BCUT2D eigenvalue weighted by Gasteiger charge is -2.28. The number of anilines is 1. The minimum Gasteiger partial charge on any atom is -0.453 e. The van der Waals surface area contributed by atoms with Crippen molar-refractivity contribution in [3.05, 3.63) is 28.8 Å². The summed E-state index contributed by atoms with van der Waals surface area (Å²) in [5.41, 5.74) is -4.39.